The highest BCUT2D eigenvalue weighted by molar-refractivity contribution is 5.99. The number of pyridine rings is 2. The quantitative estimate of drug-likeness (QED) is 0.797. The number of aryl methyl sites for hydroxylation is 1. The van der Waals surface area contributed by atoms with Gasteiger partial charge in [-0.05, 0) is 24.6 Å². The van der Waals surface area contributed by atoms with E-state index in [1.165, 1.54) is 18.2 Å². The van der Waals surface area contributed by atoms with Crippen LogP contribution in [0.1, 0.15) is 34.1 Å². The molecule has 1 unspecified atom stereocenters. The van der Waals surface area contributed by atoms with Crippen molar-refractivity contribution in [3.05, 3.63) is 41.2 Å². The first kappa shape index (κ1) is 20.3. The van der Waals surface area contributed by atoms with Gasteiger partial charge in [-0.25, -0.2) is 14.4 Å². The second-order valence-electron chi connectivity index (χ2n) is 7.62. The van der Waals surface area contributed by atoms with E-state index in [2.05, 4.69) is 9.97 Å². The molecule has 160 valence electrons. The van der Waals surface area contributed by atoms with Gasteiger partial charge in [0.15, 0.2) is 6.17 Å². The Morgan fingerprint density at radius 1 is 1.37 bits per heavy atom. The van der Waals surface area contributed by atoms with Crippen molar-refractivity contribution in [2.45, 2.75) is 31.7 Å². The molecule has 2 aliphatic rings. The van der Waals surface area contributed by atoms with Gasteiger partial charge in [0.05, 0.1) is 43.8 Å². The fourth-order valence-electron chi connectivity index (χ4n) is 4.03. The summed E-state index contributed by atoms with van der Waals surface area (Å²) in [6.45, 7) is 2.35. The first-order valence-corrected chi connectivity index (χ1v) is 9.88. The van der Waals surface area contributed by atoms with Crippen molar-refractivity contribution in [1.29, 1.82) is 0 Å². The van der Waals surface area contributed by atoms with Gasteiger partial charge in [-0.15, -0.1) is 0 Å². The minimum atomic E-state index is -1.21. The highest BCUT2D eigenvalue weighted by Gasteiger charge is 2.38. The number of aromatic nitrogens is 2. The summed E-state index contributed by atoms with van der Waals surface area (Å²) in [5, 5.41) is 9.68. The van der Waals surface area contributed by atoms with Crippen LogP contribution in [0.25, 0.3) is 0 Å². The molecule has 1 amide bonds. The summed E-state index contributed by atoms with van der Waals surface area (Å²) < 4.78 is 25.8. The minimum Gasteiger partial charge on any atom is -0.486 e. The summed E-state index contributed by atoms with van der Waals surface area (Å²) in [7, 11) is 3.18. The third kappa shape index (κ3) is 3.54. The van der Waals surface area contributed by atoms with Gasteiger partial charge in [0.2, 0.25) is 5.88 Å². The van der Waals surface area contributed by atoms with Crippen molar-refractivity contribution in [3.8, 4) is 11.6 Å². The van der Waals surface area contributed by atoms with Gasteiger partial charge in [-0.3, -0.25) is 4.79 Å². The van der Waals surface area contributed by atoms with Gasteiger partial charge in [-0.1, -0.05) is 0 Å². The molecule has 4 heterocycles. The predicted molar refractivity (Wildman–Crippen MR) is 108 cm³/mol. The normalized spacial score (nSPS) is 23.5. The number of hydrogen-bond donors (Lipinski definition) is 1. The Hall–Kier alpha value is -2.94. The minimum absolute atomic E-state index is 0.133. The number of fused-ring (bicyclic) bond motifs is 1. The maximum Gasteiger partial charge on any atom is 0.256 e. The number of carbonyl (C=O) groups is 1. The standard InChI is InChI=1S/C21H25FN4O4/c1-12-8-14-19(16(11-27)25(2)21(14)28)24-20(12)26-7-6-17(15(22)10-26)30-13-4-5-18(29-3)23-9-13/h4-5,8-9,15-17,27H,6-7,10-11H2,1-3H3/t15-,16+,17?/m1/s1. The molecule has 0 bridgehead atoms. The van der Waals surface area contributed by atoms with Crippen molar-refractivity contribution in [3.63, 3.8) is 0 Å². The Bertz CT molecular complexity index is 939. The number of nitrogens with zero attached hydrogens (tertiary/aromatic N) is 4. The van der Waals surface area contributed by atoms with Crippen molar-refractivity contribution >= 4 is 11.7 Å². The first-order valence-electron chi connectivity index (χ1n) is 9.88. The molecule has 0 aromatic carbocycles. The number of methoxy groups -OCH3 is 1. The van der Waals surface area contributed by atoms with Gasteiger partial charge >= 0.3 is 0 Å². The molecule has 4 rings (SSSR count). The zero-order chi connectivity index (χ0) is 21.4. The van der Waals surface area contributed by atoms with Crippen LogP contribution in [-0.4, -0.2) is 72.0 Å². The predicted octanol–water partition coefficient (Wildman–Crippen LogP) is 1.91. The number of aliphatic hydroxyl groups is 1. The summed E-state index contributed by atoms with van der Waals surface area (Å²) in [4.78, 5) is 24.5. The largest absolute Gasteiger partial charge is 0.486 e. The highest BCUT2D eigenvalue weighted by Crippen LogP contribution is 2.35. The summed E-state index contributed by atoms with van der Waals surface area (Å²) in [6.07, 6.45) is 0.206. The van der Waals surface area contributed by atoms with Gasteiger partial charge in [-0.2, -0.15) is 0 Å². The first-order chi connectivity index (χ1) is 14.4. The van der Waals surface area contributed by atoms with E-state index in [9.17, 15) is 14.3 Å². The Labute approximate surface area is 174 Å². The number of anilines is 1. The van der Waals surface area contributed by atoms with Gasteiger partial charge in [0.25, 0.3) is 5.91 Å². The van der Waals surface area contributed by atoms with Crippen molar-refractivity contribution in [2.24, 2.45) is 0 Å². The third-order valence-electron chi connectivity index (χ3n) is 5.71. The van der Waals surface area contributed by atoms with E-state index in [1.54, 1.807) is 25.2 Å². The number of ether oxygens (including phenoxy) is 2. The Kier molecular flexibility index (Phi) is 5.46. The molecule has 2 aromatic heterocycles. The lowest BCUT2D eigenvalue weighted by Gasteiger charge is -2.36. The van der Waals surface area contributed by atoms with E-state index < -0.39 is 18.3 Å². The number of piperidine rings is 1. The fraction of sp³-hybridized carbons (Fsp3) is 0.476. The molecule has 1 fully saturated rings. The lowest BCUT2D eigenvalue weighted by molar-refractivity contribution is 0.0714. The molecule has 2 aliphatic heterocycles. The lowest BCUT2D eigenvalue weighted by atomic mass is 10.0. The monoisotopic (exact) mass is 416 g/mol. The van der Waals surface area contributed by atoms with Gasteiger partial charge in [0.1, 0.15) is 17.7 Å². The molecule has 0 aliphatic carbocycles. The van der Waals surface area contributed by atoms with Gasteiger partial charge in [0, 0.05) is 26.1 Å². The zero-order valence-corrected chi connectivity index (χ0v) is 17.2. The van der Waals surface area contributed by atoms with Crippen LogP contribution in [0.3, 0.4) is 0 Å². The van der Waals surface area contributed by atoms with Crippen molar-refractivity contribution in [1.82, 2.24) is 14.9 Å². The summed E-state index contributed by atoms with van der Waals surface area (Å²) in [5.74, 6) is 1.45. The van der Waals surface area contributed by atoms with Crippen LogP contribution < -0.4 is 14.4 Å². The number of alkyl halides is 1. The maximum absolute atomic E-state index is 14.9. The molecule has 0 spiro atoms. The number of amides is 1. The van der Waals surface area contributed by atoms with Crippen LogP contribution in [-0.2, 0) is 0 Å². The SMILES string of the molecule is COc1ccc(OC2CCN(c3nc4c(cc3C)C(=O)N(C)[C@H]4CO)C[C@H]2F)cn1. The number of carbonyl (C=O) groups excluding carboxylic acids is 1. The van der Waals surface area contributed by atoms with E-state index >= 15 is 0 Å². The molecular weight excluding hydrogens is 391 g/mol. The molecule has 9 heteroatoms. The Morgan fingerprint density at radius 3 is 2.80 bits per heavy atom. The number of aliphatic hydroxyl groups excluding tert-OH is 1. The number of halogens is 1. The number of rotatable bonds is 5. The van der Waals surface area contributed by atoms with Crippen LogP contribution in [0.4, 0.5) is 10.2 Å². The lowest BCUT2D eigenvalue weighted by Crippen LogP contribution is -2.47. The Balaban J connectivity index is 1.49. The van der Waals surface area contributed by atoms with Crippen molar-refractivity contribution < 1.29 is 23.8 Å². The van der Waals surface area contributed by atoms with Crippen LogP contribution in [0.2, 0.25) is 0 Å². The maximum atomic E-state index is 14.9. The second kappa shape index (κ2) is 8.06. The van der Waals surface area contributed by atoms with E-state index in [0.717, 1.165) is 5.56 Å². The molecule has 30 heavy (non-hydrogen) atoms. The summed E-state index contributed by atoms with van der Waals surface area (Å²) >= 11 is 0. The zero-order valence-electron chi connectivity index (χ0n) is 17.2. The van der Waals surface area contributed by atoms with E-state index in [1.807, 2.05) is 11.8 Å². The van der Waals surface area contributed by atoms with Gasteiger partial charge < -0.3 is 24.4 Å². The van der Waals surface area contributed by atoms with E-state index in [4.69, 9.17) is 9.47 Å². The van der Waals surface area contributed by atoms with Crippen LogP contribution in [0, 0.1) is 6.92 Å². The topological polar surface area (TPSA) is 88.0 Å². The molecule has 0 radical (unpaired) electrons. The molecule has 1 saturated heterocycles. The van der Waals surface area contributed by atoms with Crippen LogP contribution >= 0.6 is 0 Å². The molecular formula is C21H25FN4O4. The number of likely N-dealkylation sites (N-methyl/N-ethyl adjacent to an activating group) is 1. The molecule has 3 atom stereocenters. The number of hydrogen-bond acceptors (Lipinski definition) is 7. The van der Waals surface area contributed by atoms with Crippen LogP contribution in [0.5, 0.6) is 11.6 Å². The molecule has 2 aromatic rings. The Morgan fingerprint density at radius 2 is 2.17 bits per heavy atom. The molecule has 8 nitrogen and oxygen atoms in total. The second-order valence-corrected chi connectivity index (χ2v) is 7.62. The summed E-state index contributed by atoms with van der Waals surface area (Å²) in [6, 6.07) is 4.69. The average molecular weight is 416 g/mol. The highest BCUT2D eigenvalue weighted by atomic mass is 19.1. The van der Waals surface area contributed by atoms with E-state index in [0.29, 0.717) is 41.7 Å². The third-order valence-corrected chi connectivity index (χ3v) is 5.71. The summed E-state index contributed by atoms with van der Waals surface area (Å²) in [5.41, 5.74) is 1.85. The van der Waals surface area contributed by atoms with Crippen LogP contribution in [0.15, 0.2) is 24.4 Å². The molecule has 0 saturated carbocycles. The molecule has 1 N–H and O–H groups in total. The van der Waals surface area contributed by atoms with Crippen molar-refractivity contribution in [2.75, 3.05) is 38.8 Å². The van der Waals surface area contributed by atoms with E-state index in [-0.39, 0.29) is 19.1 Å². The smallest absolute Gasteiger partial charge is 0.256 e. The average Bonchev–Trinajstić information content (AvgIpc) is 2.98. The fourth-order valence-corrected chi connectivity index (χ4v) is 4.03.